The monoisotopic (exact) mass is 346 g/mol. The molecule has 0 amide bonds. The summed E-state index contributed by atoms with van der Waals surface area (Å²) in [5.74, 6) is 1.46. The Kier molecular flexibility index (Phi) is 7.47. The number of guanidine groups is 1. The highest BCUT2D eigenvalue weighted by Crippen LogP contribution is 2.19. The van der Waals surface area contributed by atoms with Crippen LogP contribution in [0.4, 0.5) is 4.39 Å². The largest absolute Gasteiger partial charge is 0.469 e. The molecule has 0 aliphatic rings. The van der Waals surface area contributed by atoms with E-state index in [9.17, 15) is 4.39 Å². The van der Waals surface area contributed by atoms with Gasteiger partial charge in [-0.25, -0.2) is 4.39 Å². The second-order valence-electron chi connectivity index (χ2n) is 6.01. The summed E-state index contributed by atoms with van der Waals surface area (Å²) < 4.78 is 18.9. The van der Waals surface area contributed by atoms with Gasteiger partial charge in [-0.15, -0.1) is 0 Å². The predicted octanol–water partition coefficient (Wildman–Crippen LogP) is 2.82. The minimum atomic E-state index is -0.225. The summed E-state index contributed by atoms with van der Waals surface area (Å²) in [5, 5.41) is 6.54. The Morgan fingerprint density at radius 2 is 2.08 bits per heavy atom. The number of likely N-dealkylation sites (N-methyl/N-ethyl adjacent to an activating group) is 1. The molecule has 1 aromatic heterocycles. The van der Waals surface area contributed by atoms with Gasteiger partial charge in [-0.1, -0.05) is 12.1 Å². The molecular formula is C19H27FN4O. The van der Waals surface area contributed by atoms with E-state index in [0.29, 0.717) is 6.54 Å². The Hall–Kier alpha value is -2.34. The average Bonchev–Trinajstić information content (AvgIpc) is 3.08. The molecule has 25 heavy (non-hydrogen) atoms. The molecular weight excluding hydrogens is 319 g/mol. The molecule has 1 heterocycles. The Labute approximate surface area is 148 Å². The second-order valence-corrected chi connectivity index (χ2v) is 6.01. The highest BCUT2D eigenvalue weighted by molar-refractivity contribution is 5.79. The first-order valence-electron chi connectivity index (χ1n) is 8.56. The van der Waals surface area contributed by atoms with Gasteiger partial charge in [0.2, 0.25) is 0 Å². The molecule has 136 valence electrons. The van der Waals surface area contributed by atoms with Crippen LogP contribution in [0.25, 0.3) is 0 Å². The molecule has 0 saturated heterocycles. The number of nitrogens with one attached hydrogen (secondary N) is 2. The van der Waals surface area contributed by atoms with Gasteiger partial charge >= 0.3 is 0 Å². The van der Waals surface area contributed by atoms with E-state index in [1.807, 2.05) is 44.1 Å². The molecule has 0 radical (unpaired) electrons. The van der Waals surface area contributed by atoms with Crippen molar-refractivity contribution in [1.29, 1.82) is 0 Å². The molecule has 2 N–H and O–H groups in total. The van der Waals surface area contributed by atoms with Crippen molar-refractivity contribution in [2.75, 3.05) is 33.7 Å². The van der Waals surface area contributed by atoms with Crippen LogP contribution < -0.4 is 10.6 Å². The molecule has 2 rings (SSSR count). The van der Waals surface area contributed by atoms with Gasteiger partial charge in [0.05, 0.1) is 18.8 Å². The van der Waals surface area contributed by atoms with Crippen LogP contribution in [0.2, 0.25) is 0 Å². The van der Waals surface area contributed by atoms with Crippen LogP contribution in [0.15, 0.2) is 52.1 Å². The van der Waals surface area contributed by atoms with Crippen molar-refractivity contribution in [3.8, 4) is 0 Å². The average molecular weight is 346 g/mol. The lowest BCUT2D eigenvalue weighted by atomic mass is 10.1. The Morgan fingerprint density at radius 1 is 1.24 bits per heavy atom. The maximum atomic E-state index is 13.5. The molecule has 0 aliphatic carbocycles. The van der Waals surface area contributed by atoms with Crippen molar-refractivity contribution in [1.82, 2.24) is 15.5 Å². The number of halogens is 1. The van der Waals surface area contributed by atoms with Gasteiger partial charge in [-0.3, -0.25) is 4.99 Å². The van der Waals surface area contributed by atoms with Gasteiger partial charge in [0.25, 0.3) is 0 Å². The zero-order chi connectivity index (χ0) is 18.1. The lowest BCUT2D eigenvalue weighted by Gasteiger charge is -2.23. The van der Waals surface area contributed by atoms with Crippen LogP contribution >= 0.6 is 0 Å². The van der Waals surface area contributed by atoms with Gasteiger partial charge in [-0.2, -0.15) is 0 Å². The number of furan rings is 1. The Balaban J connectivity index is 1.98. The quantitative estimate of drug-likeness (QED) is 0.570. The Morgan fingerprint density at radius 3 is 2.72 bits per heavy atom. The van der Waals surface area contributed by atoms with Gasteiger partial charge in [0.15, 0.2) is 5.96 Å². The van der Waals surface area contributed by atoms with Crippen LogP contribution in [-0.4, -0.2) is 44.6 Å². The lowest BCUT2D eigenvalue weighted by Crippen LogP contribution is -2.39. The molecule has 2 aromatic rings. The van der Waals surface area contributed by atoms with E-state index in [-0.39, 0.29) is 11.9 Å². The summed E-state index contributed by atoms with van der Waals surface area (Å²) in [6, 6.07) is 10.5. The number of benzene rings is 1. The fourth-order valence-electron chi connectivity index (χ4n) is 2.56. The van der Waals surface area contributed by atoms with Crippen molar-refractivity contribution in [2.45, 2.75) is 19.4 Å². The molecule has 6 heteroatoms. The van der Waals surface area contributed by atoms with Crippen LogP contribution in [-0.2, 0) is 6.42 Å². The first-order valence-corrected chi connectivity index (χ1v) is 8.56. The zero-order valence-electron chi connectivity index (χ0n) is 15.1. The first kappa shape index (κ1) is 19.0. The highest BCUT2D eigenvalue weighted by Gasteiger charge is 2.14. The molecule has 1 unspecified atom stereocenters. The third kappa shape index (κ3) is 6.23. The van der Waals surface area contributed by atoms with Crippen LogP contribution in [0.1, 0.15) is 24.3 Å². The maximum Gasteiger partial charge on any atom is 0.191 e. The zero-order valence-corrected chi connectivity index (χ0v) is 15.1. The predicted molar refractivity (Wildman–Crippen MR) is 99.2 cm³/mol. The van der Waals surface area contributed by atoms with Crippen molar-refractivity contribution in [3.05, 3.63) is 59.8 Å². The molecule has 5 nitrogen and oxygen atoms in total. The topological polar surface area (TPSA) is 52.8 Å². The summed E-state index contributed by atoms with van der Waals surface area (Å²) >= 11 is 0. The number of hydrogen-bond acceptors (Lipinski definition) is 3. The highest BCUT2D eigenvalue weighted by atomic mass is 19.1. The van der Waals surface area contributed by atoms with Gasteiger partial charge in [-0.05, 0) is 50.8 Å². The summed E-state index contributed by atoms with van der Waals surface area (Å²) in [6.07, 6.45) is 2.47. The van der Waals surface area contributed by atoms with Crippen molar-refractivity contribution >= 4 is 5.96 Å². The molecule has 0 fully saturated rings. The fourth-order valence-corrected chi connectivity index (χ4v) is 2.56. The van der Waals surface area contributed by atoms with Crippen LogP contribution in [0.3, 0.4) is 0 Å². The number of aliphatic imine (C=N–C) groups is 1. The maximum absolute atomic E-state index is 13.5. The lowest BCUT2D eigenvalue weighted by molar-refractivity contribution is 0.305. The summed E-state index contributed by atoms with van der Waals surface area (Å²) in [7, 11) is 3.95. The minimum Gasteiger partial charge on any atom is -0.469 e. The van der Waals surface area contributed by atoms with Crippen LogP contribution in [0, 0.1) is 5.82 Å². The van der Waals surface area contributed by atoms with E-state index in [2.05, 4.69) is 15.6 Å². The SMILES string of the molecule is CCNC(=NCC(c1cccc(F)c1)N(C)C)NCCc1ccco1. The Bertz CT molecular complexity index is 655. The van der Waals surface area contributed by atoms with Crippen molar-refractivity contribution in [3.63, 3.8) is 0 Å². The van der Waals surface area contributed by atoms with Crippen molar-refractivity contribution in [2.24, 2.45) is 4.99 Å². The minimum absolute atomic E-state index is 0.0104. The van der Waals surface area contributed by atoms with E-state index < -0.39 is 0 Å². The molecule has 0 spiro atoms. The summed E-state index contributed by atoms with van der Waals surface area (Å²) in [5.41, 5.74) is 0.917. The standard InChI is InChI=1S/C19H27FN4O/c1-4-21-19(22-11-10-17-9-6-12-25-17)23-14-18(24(2)3)15-7-5-8-16(20)13-15/h5-9,12-13,18H,4,10-11,14H2,1-3H3,(H2,21,22,23). The first-order chi connectivity index (χ1) is 12.1. The molecule has 0 saturated carbocycles. The molecule has 0 aliphatic heterocycles. The number of nitrogens with zero attached hydrogens (tertiary/aromatic N) is 2. The molecule has 1 atom stereocenters. The summed E-state index contributed by atoms with van der Waals surface area (Å²) in [4.78, 5) is 6.71. The van der Waals surface area contributed by atoms with E-state index in [1.54, 1.807) is 18.4 Å². The summed E-state index contributed by atoms with van der Waals surface area (Å²) in [6.45, 7) is 4.07. The molecule has 1 aromatic carbocycles. The van der Waals surface area contributed by atoms with E-state index in [4.69, 9.17) is 4.42 Å². The number of rotatable bonds is 8. The van der Waals surface area contributed by atoms with Crippen molar-refractivity contribution < 1.29 is 8.81 Å². The van der Waals surface area contributed by atoms with Crippen LogP contribution in [0.5, 0.6) is 0 Å². The smallest absolute Gasteiger partial charge is 0.191 e. The molecule has 0 bridgehead atoms. The van der Waals surface area contributed by atoms with Gasteiger partial charge in [0.1, 0.15) is 11.6 Å². The van der Waals surface area contributed by atoms with E-state index >= 15 is 0 Å². The third-order valence-corrected chi connectivity index (χ3v) is 3.87. The van der Waals surface area contributed by atoms with Gasteiger partial charge < -0.3 is 20.0 Å². The second kappa shape index (κ2) is 9.84. The third-order valence-electron chi connectivity index (χ3n) is 3.87. The fraction of sp³-hybridized carbons (Fsp3) is 0.421. The van der Waals surface area contributed by atoms with Gasteiger partial charge in [0, 0.05) is 19.5 Å². The van der Waals surface area contributed by atoms with E-state index in [0.717, 1.165) is 36.8 Å². The normalized spacial score (nSPS) is 13.1. The van der Waals surface area contributed by atoms with E-state index in [1.165, 1.54) is 6.07 Å². The number of hydrogen-bond donors (Lipinski definition) is 2.